The molecule has 2 aromatic rings. The van der Waals surface area contributed by atoms with Gasteiger partial charge in [-0.05, 0) is 32.9 Å². The highest BCUT2D eigenvalue weighted by Gasteiger charge is 2.29. The zero-order valence-electron chi connectivity index (χ0n) is 13.1. The molecule has 22 heavy (non-hydrogen) atoms. The first-order valence-electron chi connectivity index (χ1n) is 7.52. The lowest BCUT2D eigenvalue weighted by molar-refractivity contribution is -0.0587. The molecule has 1 amide bonds. The lowest BCUT2D eigenvalue weighted by atomic mass is 10.2. The molecule has 3 rings (SSSR count). The van der Waals surface area contributed by atoms with Gasteiger partial charge in [-0.2, -0.15) is 0 Å². The monoisotopic (exact) mass is 300 g/mol. The summed E-state index contributed by atoms with van der Waals surface area (Å²) >= 11 is 0. The Morgan fingerprint density at radius 2 is 1.82 bits per heavy atom. The van der Waals surface area contributed by atoms with E-state index < -0.39 is 0 Å². The molecule has 0 spiro atoms. The van der Waals surface area contributed by atoms with Crippen molar-refractivity contribution in [3.63, 3.8) is 0 Å². The van der Waals surface area contributed by atoms with Crippen molar-refractivity contribution in [2.45, 2.75) is 33.0 Å². The normalized spacial score (nSPS) is 21.9. The van der Waals surface area contributed by atoms with E-state index in [1.165, 1.54) is 0 Å². The van der Waals surface area contributed by atoms with Gasteiger partial charge in [0.2, 0.25) is 5.89 Å². The Labute approximate surface area is 129 Å². The van der Waals surface area contributed by atoms with E-state index in [0.29, 0.717) is 30.4 Å². The van der Waals surface area contributed by atoms with Crippen LogP contribution < -0.4 is 0 Å². The Morgan fingerprint density at radius 3 is 2.45 bits per heavy atom. The SMILES string of the molecule is Cc1oc(-c2ccccc2)nc1C(=O)N1C[C@@H](C)O[C@H](C)C1. The fourth-order valence-corrected chi connectivity index (χ4v) is 2.79. The maximum absolute atomic E-state index is 12.7. The summed E-state index contributed by atoms with van der Waals surface area (Å²) in [6.07, 6.45) is 0.0713. The number of hydrogen-bond acceptors (Lipinski definition) is 4. The van der Waals surface area contributed by atoms with E-state index in [0.717, 1.165) is 5.56 Å². The summed E-state index contributed by atoms with van der Waals surface area (Å²) in [5.74, 6) is 0.942. The van der Waals surface area contributed by atoms with Crippen LogP contribution in [0.5, 0.6) is 0 Å². The molecule has 1 aromatic carbocycles. The first kappa shape index (κ1) is 14.8. The van der Waals surface area contributed by atoms with Crippen molar-refractivity contribution in [2.24, 2.45) is 0 Å². The molecule has 0 bridgehead atoms. The summed E-state index contributed by atoms with van der Waals surface area (Å²) in [5.41, 5.74) is 1.26. The average molecular weight is 300 g/mol. The smallest absolute Gasteiger partial charge is 0.276 e. The van der Waals surface area contributed by atoms with E-state index in [1.807, 2.05) is 44.2 Å². The first-order valence-corrected chi connectivity index (χ1v) is 7.52. The van der Waals surface area contributed by atoms with E-state index in [4.69, 9.17) is 9.15 Å². The number of morpholine rings is 1. The lowest BCUT2D eigenvalue weighted by Crippen LogP contribution is -2.48. The zero-order valence-corrected chi connectivity index (χ0v) is 13.1. The molecular weight excluding hydrogens is 280 g/mol. The molecule has 0 radical (unpaired) electrons. The quantitative estimate of drug-likeness (QED) is 0.855. The van der Waals surface area contributed by atoms with Crippen LogP contribution in [0, 0.1) is 6.92 Å². The maximum atomic E-state index is 12.7. The van der Waals surface area contributed by atoms with Gasteiger partial charge < -0.3 is 14.1 Å². The molecule has 1 saturated heterocycles. The van der Waals surface area contributed by atoms with Crippen LogP contribution in [0.4, 0.5) is 0 Å². The Hall–Kier alpha value is -2.14. The van der Waals surface area contributed by atoms with Gasteiger partial charge >= 0.3 is 0 Å². The van der Waals surface area contributed by atoms with Gasteiger partial charge in [-0.3, -0.25) is 4.79 Å². The number of amides is 1. The number of benzene rings is 1. The Balaban J connectivity index is 1.86. The number of aromatic nitrogens is 1. The molecule has 0 aliphatic carbocycles. The van der Waals surface area contributed by atoms with Crippen molar-refractivity contribution in [3.8, 4) is 11.5 Å². The Kier molecular flexibility index (Phi) is 3.98. The number of aryl methyl sites for hydroxylation is 1. The zero-order chi connectivity index (χ0) is 15.7. The van der Waals surface area contributed by atoms with Crippen LogP contribution in [0.3, 0.4) is 0 Å². The third-order valence-electron chi connectivity index (χ3n) is 3.73. The Bertz CT molecular complexity index is 656. The summed E-state index contributed by atoms with van der Waals surface area (Å²) in [4.78, 5) is 18.9. The molecular formula is C17H20N2O3. The third-order valence-corrected chi connectivity index (χ3v) is 3.73. The maximum Gasteiger partial charge on any atom is 0.276 e. The minimum absolute atomic E-state index is 0.0356. The molecule has 5 heteroatoms. The first-order chi connectivity index (χ1) is 10.5. The topological polar surface area (TPSA) is 55.6 Å². The molecule has 116 valence electrons. The van der Waals surface area contributed by atoms with Crippen LogP contribution >= 0.6 is 0 Å². The van der Waals surface area contributed by atoms with Crippen molar-refractivity contribution in [2.75, 3.05) is 13.1 Å². The fourth-order valence-electron chi connectivity index (χ4n) is 2.79. The third kappa shape index (κ3) is 2.90. The van der Waals surface area contributed by atoms with Gasteiger partial charge in [-0.15, -0.1) is 0 Å². The Morgan fingerprint density at radius 1 is 1.18 bits per heavy atom. The molecule has 2 atom stereocenters. The number of carbonyl (C=O) groups excluding carboxylic acids is 1. The second-order valence-electron chi connectivity index (χ2n) is 5.76. The number of rotatable bonds is 2. The lowest BCUT2D eigenvalue weighted by Gasteiger charge is -2.34. The fraction of sp³-hybridized carbons (Fsp3) is 0.412. The number of nitrogens with zero attached hydrogens (tertiary/aromatic N) is 2. The largest absolute Gasteiger partial charge is 0.441 e. The van der Waals surface area contributed by atoms with Crippen molar-refractivity contribution in [3.05, 3.63) is 41.8 Å². The van der Waals surface area contributed by atoms with E-state index in [1.54, 1.807) is 11.8 Å². The van der Waals surface area contributed by atoms with Gasteiger partial charge in [-0.1, -0.05) is 18.2 Å². The summed E-state index contributed by atoms with van der Waals surface area (Å²) in [7, 11) is 0. The molecule has 2 heterocycles. The minimum atomic E-state index is -0.0922. The highest BCUT2D eigenvalue weighted by molar-refractivity contribution is 5.93. The van der Waals surface area contributed by atoms with Crippen LogP contribution in [0.15, 0.2) is 34.7 Å². The number of hydrogen-bond donors (Lipinski definition) is 0. The molecule has 1 aromatic heterocycles. The summed E-state index contributed by atoms with van der Waals surface area (Å²) in [6.45, 7) is 6.88. The molecule has 1 aliphatic heterocycles. The molecule has 1 fully saturated rings. The van der Waals surface area contributed by atoms with E-state index in [2.05, 4.69) is 4.98 Å². The number of ether oxygens (including phenoxy) is 1. The average Bonchev–Trinajstić information content (AvgIpc) is 2.88. The molecule has 0 unspecified atom stereocenters. The van der Waals surface area contributed by atoms with Crippen LogP contribution in [0.25, 0.3) is 11.5 Å². The van der Waals surface area contributed by atoms with E-state index in [9.17, 15) is 4.79 Å². The van der Waals surface area contributed by atoms with Crippen molar-refractivity contribution < 1.29 is 13.9 Å². The van der Waals surface area contributed by atoms with Gasteiger partial charge in [-0.25, -0.2) is 4.98 Å². The van der Waals surface area contributed by atoms with Crippen LogP contribution in [-0.4, -0.2) is 41.1 Å². The number of carbonyl (C=O) groups is 1. The second-order valence-corrected chi connectivity index (χ2v) is 5.76. The standard InChI is InChI=1S/C17H20N2O3/c1-11-9-19(10-12(2)21-11)17(20)15-13(3)22-16(18-15)14-7-5-4-6-8-14/h4-8,11-12H,9-10H2,1-3H3/t11-,12-/m1/s1. The van der Waals surface area contributed by atoms with Gasteiger partial charge in [0.1, 0.15) is 5.76 Å². The summed E-state index contributed by atoms with van der Waals surface area (Å²) < 4.78 is 11.3. The van der Waals surface area contributed by atoms with Crippen LogP contribution in [0.1, 0.15) is 30.1 Å². The molecule has 0 N–H and O–H groups in total. The predicted molar refractivity (Wildman–Crippen MR) is 82.6 cm³/mol. The van der Waals surface area contributed by atoms with Gasteiger partial charge in [0.25, 0.3) is 5.91 Å². The number of oxazole rings is 1. The molecule has 1 aliphatic rings. The van der Waals surface area contributed by atoms with E-state index >= 15 is 0 Å². The van der Waals surface area contributed by atoms with Crippen molar-refractivity contribution in [1.82, 2.24) is 9.88 Å². The highest BCUT2D eigenvalue weighted by atomic mass is 16.5. The summed E-state index contributed by atoms with van der Waals surface area (Å²) in [5, 5.41) is 0. The van der Waals surface area contributed by atoms with Crippen molar-refractivity contribution >= 4 is 5.91 Å². The second kappa shape index (κ2) is 5.93. The van der Waals surface area contributed by atoms with Crippen LogP contribution in [0.2, 0.25) is 0 Å². The predicted octanol–water partition coefficient (Wildman–Crippen LogP) is 2.90. The summed E-state index contributed by atoms with van der Waals surface area (Å²) in [6, 6.07) is 9.60. The van der Waals surface area contributed by atoms with Crippen LogP contribution in [-0.2, 0) is 4.74 Å². The highest BCUT2D eigenvalue weighted by Crippen LogP contribution is 2.23. The van der Waals surface area contributed by atoms with E-state index in [-0.39, 0.29) is 18.1 Å². The van der Waals surface area contributed by atoms with Gasteiger partial charge in [0, 0.05) is 18.7 Å². The van der Waals surface area contributed by atoms with Gasteiger partial charge in [0.05, 0.1) is 12.2 Å². The van der Waals surface area contributed by atoms with Gasteiger partial charge in [0.15, 0.2) is 5.69 Å². The minimum Gasteiger partial charge on any atom is -0.441 e. The molecule has 0 saturated carbocycles. The molecule has 5 nitrogen and oxygen atoms in total. The van der Waals surface area contributed by atoms with Crippen molar-refractivity contribution in [1.29, 1.82) is 0 Å².